The van der Waals surface area contributed by atoms with Gasteiger partial charge in [-0.05, 0) is 38.8 Å². The molecule has 1 rings (SSSR count). The third-order valence-corrected chi connectivity index (χ3v) is 3.15. The lowest BCUT2D eigenvalue weighted by Crippen LogP contribution is -2.48. The van der Waals surface area contributed by atoms with E-state index in [1.165, 1.54) is 5.56 Å². The number of benzene rings is 1. The van der Waals surface area contributed by atoms with Crippen LogP contribution in [-0.4, -0.2) is 22.9 Å². The molecule has 0 aromatic heterocycles. The van der Waals surface area contributed by atoms with Crippen LogP contribution in [0.4, 0.5) is 0 Å². The third kappa shape index (κ3) is 4.55. The molecule has 2 nitrogen and oxygen atoms in total. The maximum absolute atomic E-state index is 12.5. The van der Waals surface area contributed by atoms with Crippen LogP contribution in [0.15, 0.2) is 36.9 Å². The molecule has 1 aromatic carbocycles. The summed E-state index contributed by atoms with van der Waals surface area (Å²) in [5.74, 6) is 0.127. The van der Waals surface area contributed by atoms with Crippen molar-refractivity contribution >= 4 is 5.91 Å². The van der Waals surface area contributed by atoms with Gasteiger partial charge >= 0.3 is 0 Å². The van der Waals surface area contributed by atoms with Crippen LogP contribution < -0.4 is 0 Å². The van der Waals surface area contributed by atoms with Crippen LogP contribution in [0.3, 0.4) is 0 Å². The van der Waals surface area contributed by atoms with Gasteiger partial charge in [-0.1, -0.05) is 43.8 Å². The van der Waals surface area contributed by atoms with Crippen molar-refractivity contribution in [2.45, 2.75) is 39.7 Å². The zero-order valence-electron chi connectivity index (χ0n) is 12.4. The van der Waals surface area contributed by atoms with Crippen molar-refractivity contribution in [1.29, 1.82) is 0 Å². The highest BCUT2D eigenvalue weighted by molar-refractivity contribution is 5.79. The normalized spacial score (nSPS) is 12.8. The van der Waals surface area contributed by atoms with E-state index in [4.69, 9.17) is 0 Å². The summed E-state index contributed by atoms with van der Waals surface area (Å²) in [6.45, 7) is 12.2. The number of carbonyl (C=O) groups is 1. The number of carbonyl (C=O) groups excluding carboxylic acids is 1. The van der Waals surface area contributed by atoms with Crippen molar-refractivity contribution in [3.05, 3.63) is 48.6 Å². The van der Waals surface area contributed by atoms with Crippen molar-refractivity contribution in [2.24, 2.45) is 5.92 Å². The molecule has 1 aromatic rings. The zero-order valence-corrected chi connectivity index (χ0v) is 12.4. The standard InChI is InChI=1S/C17H24NO/c1-6-12-18(17(3,4)5)16(19)14(2)13-15-10-8-7-9-11-15/h7-11,14H,1,12-13H2,2-5H3. The predicted octanol–water partition coefficient (Wildman–Crippen LogP) is 3.48. The van der Waals surface area contributed by atoms with Gasteiger partial charge in [0.1, 0.15) is 0 Å². The topological polar surface area (TPSA) is 20.3 Å². The Hall–Kier alpha value is -1.57. The van der Waals surface area contributed by atoms with Crippen LogP contribution in [0.1, 0.15) is 33.3 Å². The van der Waals surface area contributed by atoms with Gasteiger partial charge in [-0.2, -0.15) is 0 Å². The summed E-state index contributed by atoms with van der Waals surface area (Å²) in [4.78, 5) is 14.4. The maximum Gasteiger partial charge on any atom is 0.226 e. The lowest BCUT2D eigenvalue weighted by Gasteiger charge is -2.36. The average Bonchev–Trinajstić information content (AvgIpc) is 2.35. The molecular formula is C17H24NO. The summed E-state index contributed by atoms with van der Waals surface area (Å²) in [6, 6.07) is 10.1. The van der Waals surface area contributed by atoms with E-state index in [0.717, 1.165) is 6.42 Å². The van der Waals surface area contributed by atoms with Crippen molar-refractivity contribution < 1.29 is 4.79 Å². The van der Waals surface area contributed by atoms with Crippen molar-refractivity contribution in [2.75, 3.05) is 6.54 Å². The zero-order chi connectivity index (χ0) is 14.5. The van der Waals surface area contributed by atoms with Crippen molar-refractivity contribution in [3.63, 3.8) is 0 Å². The molecule has 0 saturated heterocycles. The van der Waals surface area contributed by atoms with Gasteiger partial charge in [0.25, 0.3) is 0 Å². The lowest BCUT2D eigenvalue weighted by atomic mass is 9.96. The first-order valence-corrected chi connectivity index (χ1v) is 6.71. The average molecular weight is 258 g/mol. The first-order chi connectivity index (χ1) is 8.86. The molecule has 1 radical (unpaired) electrons. The minimum Gasteiger partial charge on any atom is -0.333 e. The minimum atomic E-state index is -0.202. The molecule has 1 unspecified atom stereocenters. The summed E-state index contributed by atoms with van der Waals surface area (Å²) in [7, 11) is 0. The van der Waals surface area contributed by atoms with E-state index >= 15 is 0 Å². The molecule has 0 saturated carbocycles. The van der Waals surface area contributed by atoms with E-state index in [9.17, 15) is 4.79 Å². The molecule has 1 atom stereocenters. The SMILES string of the molecule is C=[C]CN(C(=O)C(C)Cc1ccccc1)C(C)(C)C. The summed E-state index contributed by atoms with van der Waals surface area (Å²) in [5.41, 5.74) is 0.993. The monoisotopic (exact) mass is 258 g/mol. The van der Waals surface area contributed by atoms with Gasteiger partial charge in [0, 0.05) is 18.0 Å². The van der Waals surface area contributed by atoms with Gasteiger partial charge in [-0.25, -0.2) is 0 Å². The molecule has 0 aliphatic carbocycles. The van der Waals surface area contributed by atoms with Crippen LogP contribution >= 0.6 is 0 Å². The Morgan fingerprint density at radius 1 is 1.32 bits per heavy atom. The van der Waals surface area contributed by atoms with Gasteiger partial charge in [0.05, 0.1) is 0 Å². The molecule has 0 heterocycles. The first kappa shape index (κ1) is 15.5. The second-order valence-corrected chi connectivity index (χ2v) is 5.94. The maximum atomic E-state index is 12.5. The van der Waals surface area contributed by atoms with Gasteiger partial charge in [-0.3, -0.25) is 4.79 Å². The second-order valence-electron chi connectivity index (χ2n) is 5.94. The van der Waals surface area contributed by atoms with E-state index < -0.39 is 0 Å². The number of amides is 1. The van der Waals surface area contributed by atoms with Crippen LogP contribution in [0.5, 0.6) is 0 Å². The van der Waals surface area contributed by atoms with Crippen molar-refractivity contribution in [1.82, 2.24) is 4.90 Å². The Morgan fingerprint density at radius 2 is 1.89 bits per heavy atom. The number of nitrogens with zero attached hydrogens (tertiary/aromatic N) is 1. The van der Waals surface area contributed by atoms with E-state index in [1.807, 2.05) is 50.8 Å². The largest absolute Gasteiger partial charge is 0.333 e. The minimum absolute atomic E-state index is 0.0324. The number of rotatable bonds is 5. The molecule has 103 valence electrons. The van der Waals surface area contributed by atoms with E-state index in [0.29, 0.717) is 6.54 Å². The van der Waals surface area contributed by atoms with Gasteiger partial charge in [-0.15, -0.1) is 0 Å². The smallest absolute Gasteiger partial charge is 0.226 e. The van der Waals surface area contributed by atoms with E-state index in [2.05, 4.69) is 24.8 Å². The van der Waals surface area contributed by atoms with E-state index in [1.54, 1.807) is 0 Å². The Labute approximate surface area is 117 Å². The fourth-order valence-electron chi connectivity index (χ4n) is 2.08. The van der Waals surface area contributed by atoms with E-state index in [-0.39, 0.29) is 17.4 Å². The van der Waals surface area contributed by atoms with Crippen LogP contribution in [0.2, 0.25) is 0 Å². The summed E-state index contributed by atoms with van der Waals surface area (Å²) in [5, 5.41) is 0. The molecule has 1 amide bonds. The molecule has 2 heteroatoms. The Bertz CT molecular complexity index is 417. The van der Waals surface area contributed by atoms with Crippen LogP contribution in [0.25, 0.3) is 0 Å². The fourth-order valence-corrected chi connectivity index (χ4v) is 2.08. The molecule has 0 fully saturated rings. The highest BCUT2D eigenvalue weighted by atomic mass is 16.2. The predicted molar refractivity (Wildman–Crippen MR) is 79.6 cm³/mol. The summed E-state index contributed by atoms with van der Waals surface area (Å²) >= 11 is 0. The first-order valence-electron chi connectivity index (χ1n) is 6.71. The summed E-state index contributed by atoms with van der Waals surface area (Å²) in [6.07, 6.45) is 3.60. The Morgan fingerprint density at radius 3 is 2.37 bits per heavy atom. The fraction of sp³-hybridized carbons (Fsp3) is 0.471. The summed E-state index contributed by atoms with van der Waals surface area (Å²) < 4.78 is 0. The van der Waals surface area contributed by atoms with Gasteiger partial charge in [0.15, 0.2) is 0 Å². The van der Waals surface area contributed by atoms with Crippen molar-refractivity contribution in [3.8, 4) is 0 Å². The van der Waals surface area contributed by atoms with Gasteiger partial charge in [0.2, 0.25) is 5.91 Å². The van der Waals surface area contributed by atoms with Crippen LogP contribution in [0, 0.1) is 12.0 Å². The van der Waals surface area contributed by atoms with Crippen LogP contribution in [-0.2, 0) is 11.2 Å². The highest BCUT2D eigenvalue weighted by Gasteiger charge is 2.28. The molecular weight excluding hydrogens is 234 g/mol. The highest BCUT2D eigenvalue weighted by Crippen LogP contribution is 2.19. The quantitative estimate of drug-likeness (QED) is 0.792. The van der Waals surface area contributed by atoms with Gasteiger partial charge < -0.3 is 4.90 Å². The number of hydrogen-bond acceptors (Lipinski definition) is 1. The second kappa shape index (κ2) is 6.55. The lowest BCUT2D eigenvalue weighted by molar-refractivity contribution is -0.139. The molecule has 0 aliphatic heterocycles. The molecule has 0 N–H and O–H groups in total. The molecule has 19 heavy (non-hydrogen) atoms. The molecule has 0 aliphatic rings. The third-order valence-electron chi connectivity index (χ3n) is 3.15. The number of hydrogen-bond donors (Lipinski definition) is 0. The molecule has 0 bridgehead atoms. The Balaban J connectivity index is 2.77. The Kier molecular flexibility index (Phi) is 5.34. The molecule has 0 spiro atoms.